The fourth-order valence-electron chi connectivity index (χ4n) is 2.43. The molecule has 0 fully saturated rings. The van der Waals surface area contributed by atoms with Gasteiger partial charge in [0.05, 0.1) is 6.42 Å². The number of nitrogens with one attached hydrogen (secondary N) is 1. The van der Waals surface area contributed by atoms with Gasteiger partial charge in [0, 0.05) is 11.6 Å². The monoisotopic (exact) mass is 315 g/mol. The normalized spacial score (nSPS) is 10.5. The van der Waals surface area contributed by atoms with E-state index in [4.69, 9.17) is 11.6 Å². The van der Waals surface area contributed by atoms with Crippen LogP contribution in [-0.4, -0.2) is 12.5 Å². The van der Waals surface area contributed by atoms with Crippen molar-refractivity contribution in [1.29, 1.82) is 0 Å². The Labute approximate surface area is 137 Å². The van der Waals surface area contributed by atoms with Crippen LogP contribution in [0.25, 0.3) is 0 Å². The Hall–Kier alpha value is -1.80. The maximum atomic E-state index is 12.0. The van der Waals surface area contributed by atoms with Crippen LogP contribution in [-0.2, 0) is 17.6 Å². The van der Waals surface area contributed by atoms with Crippen LogP contribution in [0.1, 0.15) is 28.7 Å². The molecule has 0 aliphatic rings. The summed E-state index contributed by atoms with van der Waals surface area (Å²) in [4.78, 5) is 12.0. The Morgan fingerprint density at radius 1 is 1.09 bits per heavy atom. The van der Waals surface area contributed by atoms with Crippen molar-refractivity contribution in [2.45, 2.75) is 33.1 Å². The highest BCUT2D eigenvalue weighted by atomic mass is 35.5. The molecular formula is C19H22ClNO. The zero-order chi connectivity index (χ0) is 15.9. The van der Waals surface area contributed by atoms with Gasteiger partial charge in [0.15, 0.2) is 0 Å². The molecule has 2 rings (SSSR count). The van der Waals surface area contributed by atoms with Crippen molar-refractivity contribution in [3.8, 4) is 0 Å². The third-order valence-corrected chi connectivity index (χ3v) is 4.13. The number of carbonyl (C=O) groups excluding carboxylic acids is 1. The van der Waals surface area contributed by atoms with Crippen LogP contribution in [0.5, 0.6) is 0 Å². The van der Waals surface area contributed by atoms with E-state index in [2.05, 4.69) is 23.5 Å². The van der Waals surface area contributed by atoms with E-state index < -0.39 is 0 Å². The zero-order valence-electron chi connectivity index (χ0n) is 13.2. The van der Waals surface area contributed by atoms with E-state index in [1.54, 1.807) is 0 Å². The van der Waals surface area contributed by atoms with Crippen molar-refractivity contribution in [2.24, 2.45) is 0 Å². The Morgan fingerprint density at radius 2 is 1.86 bits per heavy atom. The van der Waals surface area contributed by atoms with Gasteiger partial charge in [0.2, 0.25) is 5.91 Å². The summed E-state index contributed by atoms with van der Waals surface area (Å²) in [5.41, 5.74) is 4.58. The lowest BCUT2D eigenvalue weighted by molar-refractivity contribution is -0.120. The number of benzene rings is 2. The molecule has 0 saturated heterocycles. The van der Waals surface area contributed by atoms with Gasteiger partial charge in [-0.05, 0) is 49.4 Å². The largest absolute Gasteiger partial charge is 0.356 e. The van der Waals surface area contributed by atoms with E-state index in [-0.39, 0.29) is 5.91 Å². The minimum atomic E-state index is 0.0767. The van der Waals surface area contributed by atoms with E-state index in [0.717, 1.165) is 34.6 Å². The van der Waals surface area contributed by atoms with Gasteiger partial charge in [-0.3, -0.25) is 4.79 Å². The molecule has 2 aromatic carbocycles. The van der Waals surface area contributed by atoms with Gasteiger partial charge >= 0.3 is 0 Å². The first kappa shape index (κ1) is 16.6. The third kappa shape index (κ3) is 4.88. The maximum Gasteiger partial charge on any atom is 0.224 e. The zero-order valence-corrected chi connectivity index (χ0v) is 13.9. The first-order chi connectivity index (χ1) is 10.6. The fourth-order valence-corrected chi connectivity index (χ4v) is 2.66. The molecule has 0 radical (unpaired) electrons. The second-order valence-electron chi connectivity index (χ2n) is 5.65. The lowest BCUT2D eigenvalue weighted by Crippen LogP contribution is -2.26. The molecule has 0 spiro atoms. The van der Waals surface area contributed by atoms with Crippen LogP contribution in [0, 0.1) is 13.8 Å². The first-order valence-electron chi connectivity index (χ1n) is 7.62. The maximum absolute atomic E-state index is 12.0. The fraction of sp³-hybridized carbons (Fsp3) is 0.316. The summed E-state index contributed by atoms with van der Waals surface area (Å²) >= 11 is 6.12. The molecule has 0 bridgehead atoms. The van der Waals surface area contributed by atoms with Gasteiger partial charge in [-0.2, -0.15) is 0 Å². The highest BCUT2D eigenvalue weighted by Crippen LogP contribution is 2.16. The summed E-state index contributed by atoms with van der Waals surface area (Å²) in [6.07, 6.45) is 2.21. The first-order valence-corrected chi connectivity index (χ1v) is 8.00. The molecular weight excluding hydrogens is 294 g/mol. The van der Waals surface area contributed by atoms with Crippen LogP contribution >= 0.6 is 11.6 Å². The molecule has 0 aromatic heterocycles. The number of hydrogen-bond acceptors (Lipinski definition) is 1. The van der Waals surface area contributed by atoms with Gasteiger partial charge in [-0.1, -0.05) is 53.6 Å². The second kappa shape index (κ2) is 8.00. The average Bonchev–Trinajstić information content (AvgIpc) is 2.49. The average molecular weight is 316 g/mol. The van der Waals surface area contributed by atoms with Crippen LogP contribution in [0.3, 0.4) is 0 Å². The van der Waals surface area contributed by atoms with Crippen molar-refractivity contribution >= 4 is 17.5 Å². The van der Waals surface area contributed by atoms with E-state index in [1.165, 1.54) is 5.56 Å². The third-order valence-electron chi connectivity index (χ3n) is 3.76. The number of halogens is 1. The van der Waals surface area contributed by atoms with Gasteiger partial charge in [-0.15, -0.1) is 0 Å². The standard InChI is InChI=1S/C19H22ClNO/c1-14-9-10-15(2)17(12-14)13-19(22)21-11-5-7-16-6-3-4-8-18(16)20/h3-4,6,8-10,12H,5,7,11,13H2,1-2H3,(H,21,22). The van der Waals surface area contributed by atoms with Gasteiger partial charge in [0.25, 0.3) is 0 Å². The van der Waals surface area contributed by atoms with Crippen LogP contribution in [0.4, 0.5) is 0 Å². The van der Waals surface area contributed by atoms with Crippen LogP contribution in [0.15, 0.2) is 42.5 Å². The summed E-state index contributed by atoms with van der Waals surface area (Å²) in [6, 6.07) is 14.1. The molecule has 0 heterocycles. The Kier molecular flexibility index (Phi) is 6.02. The van der Waals surface area contributed by atoms with E-state index in [1.807, 2.05) is 38.1 Å². The Bertz CT molecular complexity index is 652. The number of rotatable bonds is 6. The lowest BCUT2D eigenvalue weighted by Gasteiger charge is -2.09. The molecule has 1 amide bonds. The van der Waals surface area contributed by atoms with Crippen molar-refractivity contribution in [2.75, 3.05) is 6.54 Å². The molecule has 1 N–H and O–H groups in total. The number of amides is 1. The van der Waals surface area contributed by atoms with E-state index in [9.17, 15) is 4.79 Å². The van der Waals surface area contributed by atoms with Crippen molar-refractivity contribution < 1.29 is 4.79 Å². The SMILES string of the molecule is Cc1ccc(C)c(CC(=O)NCCCc2ccccc2Cl)c1. The van der Waals surface area contributed by atoms with E-state index >= 15 is 0 Å². The molecule has 0 aliphatic carbocycles. The van der Waals surface area contributed by atoms with Crippen molar-refractivity contribution in [1.82, 2.24) is 5.32 Å². The number of hydrogen-bond donors (Lipinski definition) is 1. The lowest BCUT2D eigenvalue weighted by atomic mass is 10.0. The Balaban J connectivity index is 1.76. The minimum absolute atomic E-state index is 0.0767. The highest BCUT2D eigenvalue weighted by molar-refractivity contribution is 6.31. The Morgan fingerprint density at radius 3 is 2.64 bits per heavy atom. The quantitative estimate of drug-likeness (QED) is 0.793. The predicted molar refractivity (Wildman–Crippen MR) is 92.4 cm³/mol. The van der Waals surface area contributed by atoms with Gasteiger partial charge in [-0.25, -0.2) is 0 Å². The topological polar surface area (TPSA) is 29.1 Å². The molecule has 0 aliphatic heterocycles. The molecule has 0 atom stereocenters. The number of carbonyl (C=O) groups is 1. The summed E-state index contributed by atoms with van der Waals surface area (Å²) in [5, 5.41) is 3.78. The molecule has 0 unspecified atom stereocenters. The van der Waals surface area contributed by atoms with Crippen LogP contribution < -0.4 is 5.32 Å². The molecule has 22 heavy (non-hydrogen) atoms. The highest BCUT2D eigenvalue weighted by Gasteiger charge is 2.06. The summed E-state index contributed by atoms with van der Waals surface area (Å²) in [6.45, 7) is 4.76. The van der Waals surface area contributed by atoms with E-state index in [0.29, 0.717) is 13.0 Å². The molecule has 0 saturated carbocycles. The molecule has 2 aromatic rings. The molecule has 3 heteroatoms. The molecule has 116 valence electrons. The van der Waals surface area contributed by atoms with Crippen molar-refractivity contribution in [3.05, 3.63) is 69.7 Å². The second-order valence-corrected chi connectivity index (χ2v) is 6.06. The van der Waals surface area contributed by atoms with Gasteiger partial charge in [0.1, 0.15) is 0 Å². The van der Waals surface area contributed by atoms with Crippen molar-refractivity contribution in [3.63, 3.8) is 0 Å². The number of aryl methyl sites for hydroxylation is 3. The minimum Gasteiger partial charge on any atom is -0.356 e. The summed E-state index contributed by atoms with van der Waals surface area (Å²) in [5.74, 6) is 0.0767. The summed E-state index contributed by atoms with van der Waals surface area (Å²) in [7, 11) is 0. The molecule has 2 nitrogen and oxygen atoms in total. The summed E-state index contributed by atoms with van der Waals surface area (Å²) < 4.78 is 0. The van der Waals surface area contributed by atoms with Gasteiger partial charge < -0.3 is 5.32 Å². The van der Waals surface area contributed by atoms with Crippen LogP contribution in [0.2, 0.25) is 5.02 Å². The predicted octanol–water partition coefficient (Wildman–Crippen LogP) is 4.25. The smallest absolute Gasteiger partial charge is 0.224 e.